The van der Waals surface area contributed by atoms with Crippen molar-refractivity contribution in [3.63, 3.8) is 0 Å². The third kappa shape index (κ3) is 2.48. The largest absolute Gasteiger partial charge is 0.493 e. The standard InChI is InChI=1S/C17H15N3O2/c1-10-5-3-7-12(9-10)16(21)20-19-15-13-8-4-6-11(2)14(13)18-17(15)22/h3-9,18,22H,1-2H3. The van der Waals surface area contributed by atoms with E-state index in [1.807, 2.05) is 38.1 Å². The number of nitrogens with one attached hydrogen (secondary N) is 1. The summed E-state index contributed by atoms with van der Waals surface area (Å²) in [6.45, 7) is 3.83. The molecule has 0 radical (unpaired) electrons. The summed E-state index contributed by atoms with van der Waals surface area (Å²) in [6, 6.07) is 12.8. The van der Waals surface area contributed by atoms with Crippen LogP contribution in [-0.4, -0.2) is 16.0 Å². The third-order valence-electron chi connectivity index (χ3n) is 3.50. The Morgan fingerprint density at radius 2 is 1.91 bits per heavy atom. The number of rotatable bonds is 2. The maximum Gasteiger partial charge on any atom is 0.295 e. The zero-order valence-electron chi connectivity index (χ0n) is 12.3. The number of aromatic amines is 1. The van der Waals surface area contributed by atoms with Crippen molar-refractivity contribution in [2.75, 3.05) is 0 Å². The highest BCUT2D eigenvalue weighted by atomic mass is 16.3. The van der Waals surface area contributed by atoms with E-state index in [1.165, 1.54) is 0 Å². The molecule has 1 heterocycles. The second-order valence-corrected chi connectivity index (χ2v) is 5.19. The number of benzene rings is 2. The van der Waals surface area contributed by atoms with Crippen molar-refractivity contribution in [3.05, 3.63) is 59.2 Å². The van der Waals surface area contributed by atoms with E-state index in [4.69, 9.17) is 0 Å². The predicted molar refractivity (Wildman–Crippen MR) is 84.7 cm³/mol. The number of carbonyl (C=O) groups is 1. The van der Waals surface area contributed by atoms with E-state index in [0.29, 0.717) is 5.56 Å². The van der Waals surface area contributed by atoms with Gasteiger partial charge < -0.3 is 10.1 Å². The molecule has 1 aromatic heterocycles. The molecule has 0 unspecified atom stereocenters. The molecule has 0 atom stereocenters. The van der Waals surface area contributed by atoms with Crippen molar-refractivity contribution >= 4 is 22.5 Å². The summed E-state index contributed by atoms with van der Waals surface area (Å²) >= 11 is 0. The van der Waals surface area contributed by atoms with Crippen molar-refractivity contribution in [2.45, 2.75) is 13.8 Å². The molecule has 5 heteroatoms. The molecular formula is C17H15N3O2. The first kappa shape index (κ1) is 14.0. The molecule has 0 bridgehead atoms. The normalized spacial score (nSPS) is 11.4. The summed E-state index contributed by atoms with van der Waals surface area (Å²) in [7, 11) is 0. The fourth-order valence-electron chi connectivity index (χ4n) is 2.37. The topological polar surface area (TPSA) is 77.8 Å². The van der Waals surface area contributed by atoms with Crippen LogP contribution in [0.5, 0.6) is 5.88 Å². The van der Waals surface area contributed by atoms with E-state index in [2.05, 4.69) is 15.2 Å². The lowest BCUT2D eigenvalue weighted by atomic mass is 10.1. The van der Waals surface area contributed by atoms with Crippen LogP contribution in [0.1, 0.15) is 21.5 Å². The number of aryl methyl sites for hydroxylation is 2. The summed E-state index contributed by atoms with van der Waals surface area (Å²) in [4.78, 5) is 14.9. The lowest BCUT2D eigenvalue weighted by molar-refractivity contribution is 0.0995. The quantitative estimate of drug-likeness (QED) is 0.686. The number of hydrogen-bond acceptors (Lipinski definition) is 3. The van der Waals surface area contributed by atoms with Crippen LogP contribution in [0.4, 0.5) is 5.69 Å². The Labute approximate surface area is 127 Å². The fourth-order valence-corrected chi connectivity index (χ4v) is 2.37. The van der Waals surface area contributed by atoms with Gasteiger partial charge >= 0.3 is 0 Å². The molecule has 1 amide bonds. The van der Waals surface area contributed by atoms with Crippen LogP contribution < -0.4 is 0 Å². The molecule has 0 aliphatic carbocycles. The van der Waals surface area contributed by atoms with Crippen LogP contribution in [0.2, 0.25) is 0 Å². The summed E-state index contributed by atoms with van der Waals surface area (Å²) in [5.74, 6) is -0.532. The number of carbonyl (C=O) groups excluding carboxylic acids is 1. The minimum absolute atomic E-state index is 0.0925. The number of para-hydroxylation sites is 1. The number of nitrogens with zero attached hydrogens (tertiary/aromatic N) is 2. The smallest absolute Gasteiger partial charge is 0.295 e. The fraction of sp³-hybridized carbons (Fsp3) is 0.118. The molecule has 3 aromatic rings. The molecule has 0 saturated carbocycles. The van der Waals surface area contributed by atoms with Gasteiger partial charge in [-0.15, -0.1) is 10.2 Å². The lowest BCUT2D eigenvalue weighted by Crippen LogP contribution is -1.93. The van der Waals surface area contributed by atoms with Crippen molar-refractivity contribution in [2.24, 2.45) is 10.2 Å². The Kier molecular flexibility index (Phi) is 3.47. The number of H-pyrrole nitrogens is 1. The minimum Gasteiger partial charge on any atom is -0.493 e. The summed E-state index contributed by atoms with van der Waals surface area (Å²) in [5.41, 5.74) is 3.50. The van der Waals surface area contributed by atoms with E-state index in [9.17, 15) is 9.90 Å². The zero-order valence-corrected chi connectivity index (χ0v) is 12.3. The highest BCUT2D eigenvalue weighted by Gasteiger charge is 2.12. The Balaban J connectivity index is 1.98. The molecule has 0 spiro atoms. The van der Waals surface area contributed by atoms with Gasteiger partial charge in [-0.3, -0.25) is 4.79 Å². The lowest BCUT2D eigenvalue weighted by Gasteiger charge is -1.96. The molecule has 0 aliphatic heterocycles. The maximum absolute atomic E-state index is 12.1. The van der Waals surface area contributed by atoms with Crippen molar-refractivity contribution in [1.82, 2.24) is 4.98 Å². The SMILES string of the molecule is Cc1cccc(C(=O)N=Nc2c(O)[nH]c3c(C)cccc23)c1. The average Bonchev–Trinajstić information content (AvgIpc) is 2.82. The number of hydrogen-bond donors (Lipinski definition) is 2. The van der Waals surface area contributed by atoms with E-state index < -0.39 is 5.91 Å². The van der Waals surface area contributed by atoms with Crippen LogP contribution in [0.15, 0.2) is 52.7 Å². The van der Waals surface area contributed by atoms with E-state index in [0.717, 1.165) is 22.0 Å². The number of aromatic nitrogens is 1. The van der Waals surface area contributed by atoms with E-state index >= 15 is 0 Å². The average molecular weight is 293 g/mol. The number of aromatic hydroxyl groups is 1. The van der Waals surface area contributed by atoms with Gasteiger partial charge in [0.25, 0.3) is 5.91 Å². The Morgan fingerprint density at radius 1 is 1.14 bits per heavy atom. The second kappa shape index (κ2) is 5.44. The first-order valence-corrected chi connectivity index (χ1v) is 6.89. The maximum atomic E-state index is 12.1. The monoisotopic (exact) mass is 293 g/mol. The van der Waals surface area contributed by atoms with Gasteiger partial charge in [-0.2, -0.15) is 0 Å². The van der Waals surface area contributed by atoms with Gasteiger partial charge in [0.1, 0.15) is 0 Å². The number of amides is 1. The van der Waals surface area contributed by atoms with Gasteiger partial charge in [-0.1, -0.05) is 35.9 Å². The molecule has 2 N–H and O–H groups in total. The van der Waals surface area contributed by atoms with Gasteiger partial charge in [0, 0.05) is 10.9 Å². The second-order valence-electron chi connectivity index (χ2n) is 5.19. The van der Waals surface area contributed by atoms with Crippen molar-refractivity contribution in [3.8, 4) is 5.88 Å². The molecule has 0 aliphatic rings. The number of fused-ring (bicyclic) bond motifs is 1. The van der Waals surface area contributed by atoms with Crippen molar-refractivity contribution in [1.29, 1.82) is 0 Å². The first-order chi connectivity index (χ1) is 10.6. The minimum atomic E-state index is -0.440. The van der Waals surface area contributed by atoms with Crippen LogP contribution in [-0.2, 0) is 0 Å². The molecule has 3 rings (SSSR count). The molecule has 5 nitrogen and oxygen atoms in total. The molecule has 0 fully saturated rings. The van der Waals surface area contributed by atoms with E-state index in [-0.39, 0.29) is 11.6 Å². The molecule has 0 saturated heterocycles. The van der Waals surface area contributed by atoms with Gasteiger partial charge in [-0.05, 0) is 31.5 Å². The Morgan fingerprint density at radius 3 is 2.68 bits per heavy atom. The summed E-state index contributed by atoms with van der Waals surface area (Å²) in [5, 5.41) is 18.4. The highest BCUT2D eigenvalue weighted by molar-refractivity contribution is 5.97. The highest BCUT2D eigenvalue weighted by Crippen LogP contribution is 2.36. The van der Waals surface area contributed by atoms with Crippen LogP contribution in [0, 0.1) is 13.8 Å². The van der Waals surface area contributed by atoms with Gasteiger partial charge in [-0.25, -0.2) is 0 Å². The van der Waals surface area contributed by atoms with Crippen molar-refractivity contribution < 1.29 is 9.90 Å². The van der Waals surface area contributed by atoms with Crippen LogP contribution in [0.25, 0.3) is 10.9 Å². The third-order valence-corrected chi connectivity index (χ3v) is 3.50. The van der Waals surface area contributed by atoms with Gasteiger partial charge in [0.15, 0.2) is 5.69 Å². The predicted octanol–water partition coefficient (Wildman–Crippen LogP) is 4.41. The zero-order chi connectivity index (χ0) is 15.7. The van der Waals surface area contributed by atoms with Crippen LogP contribution in [0.3, 0.4) is 0 Å². The van der Waals surface area contributed by atoms with Gasteiger partial charge in [0.2, 0.25) is 5.88 Å². The molecule has 110 valence electrons. The van der Waals surface area contributed by atoms with E-state index in [1.54, 1.807) is 18.2 Å². The number of azo groups is 1. The molecule has 22 heavy (non-hydrogen) atoms. The van der Waals surface area contributed by atoms with Gasteiger partial charge in [0.05, 0.1) is 5.52 Å². The molecule has 2 aromatic carbocycles. The Hall–Kier alpha value is -2.95. The summed E-state index contributed by atoms with van der Waals surface area (Å²) in [6.07, 6.45) is 0. The summed E-state index contributed by atoms with van der Waals surface area (Å²) < 4.78 is 0. The van der Waals surface area contributed by atoms with Crippen LogP contribution >= 0.6 is 0 Å². The first-order valence-electron chi connectivity index (χ1n) is 6.89. The Bertz CT molecular complexity index is 894. The molecular weight excluding hydrogens is 278 g/mol.